The highest BCUT2D eigenvalue weighted by Gasteiger charge is 2.30. The van der Waals surface area contributed by atoms with Crippen molar-refractivity contribution in [2.24, 2.45) is 0 Å². The van der Waals surface area contributed by atoms with Crippen LogP contribution in [0.15, 0.2) is 35.2 Å². The lowest BCUT2D eigenvalue weighted by Gasteiger charge is -2.12. The van der Waals surface area contributed by atoms with Gasteiger partial charge in [-0.25, -0.2) is 13.2 Å². The van der Waals surface area contributed by atoms with Crippen LogP contribution in [-0.2, 0) is 25.8 Å². The number of carbonyl (C=O) groups is 2. The van der Waals surface area contributed by atoms with Gasteiger partial charge in [0.2, 0.25) is 5.91 Å². The fourth-order valence-corrected chi connectivity index (χ4v) is 4.67. The number of hydrogen-bond donors (Lipinski definition) is 3. The van der Waals surface area contributed by atoms with Gasteiger partial charge in [0.25, 0.3) is 0 Å². The van der Waals surface area contributed by atoms with Gasteiger partial charge in [-0.05, 0) is 37.3 Å². The molecule has 10 heteroatoms. The molecule has 1 aliphatic rings. The second-order valence-electron chi connectivity index (χ2n) is 7.78. The van der Waals surface area contributed by atoms with Crippen molar-refractivity contribution in [2.75, 3.05) is 18.1 Å². The predicted molar refractivity (Wildman–Crippen MR) is 116 cm³/mol. The van der Waals surface area contributed by atoms with Crippen molar-refractivity contribution in [1.29, 1.82) is 0 Å². The Balaban J connectivity index is 1.55. The third kappa shape index (κ3) is 6.30. The van der Waals surface area contributed by atoms with Gasteiger partial charge < -0.3 is 15.4 Å². The fraction of sp³-hybridized carbons (Fsp3) is 0.476. The van der Waals surface area contributed by atoms with Crippen LogP contribution in [0, 0.1) is 0 Å². The average Bonchev–Trinajstić information content (AvgIpc) is 3.35. The van der Waals surface area contributed by atoms with E-state index in [-0.39, 0.29) is 35.3 Å². The van der Waals surface area contributed by atoms with E-state index < -0.39 is 9.84 Å². The van der Waals surface area contributed by atoms with Crippen molar-refractivity contribution in [2.45, 2.75) is 55.9 Å². The third-order valence-corrected chi connectivity index (χ3v) is 6.40. The van der Waals surface area contributed by atoms with Crippen molar-refractivity contribution in [3.05, 3.63) is 41.6 Å². The Bertz CT molecular complexity index is 1030. The lowest BCUT2D eigenvalue weighted by molar-refractivity contribution is -0.115. The Kier molecular flexibility index (Phi) is 7.32. The van der Waals surface area contributed by atoms with Gasteiger partial charge >= 0.3 is 6.09 Å². The number of aromatic amines is 1. The first kappa shape index (κ1) is 22.8. The molecule has 1 aliphatic carbocycles. The van der Waals surface area contributed by atoms with E-state index >= 15 is 0 Å². The lowest BCUT2D eigenvalue weighted by atomic mass is 10.0. The molecular weight excluding hydrogens is 420 g/mol. The number of nitrogens with zero attached hydrogens (tertiary/aromatic N) is 1. The summed E-state index contributed by atoms with van der Waals surface area (Å²) in [6, 6.07) is 8.21. The average molecular weight is 449 g/mol. The van der Waals surface area contributed by atoms with E-state index in [1.807, 2.05) is 6.92 Å². The van der Waals surface area contributed by atoms with E-state index in [0.717, 1.165) is 31.2 Å². The Hall–Kier alpha value is -2.88. The zero-order chi connectivity index (χ0) is 22.4. The summed E-state index contributed by atoms with van der Waals surface area (Å²) in [5.41, 5.74) is 1.31. The number of alkyl carbamates (subject to hydrolysis) is 1. The fourth-order valence-electron chi connectivity index (χ4n) is 3.73. The molecule has 1 saturated carbocycles. The smallest absolute Gasteiger partial charge is 0.407 e. The standard InChI is InChI=1S/C21H28N4O5S/c1-3-10-22-21(27)30-16-9-8-14(11-16)17-13-19(25-24-17)23-20(26)12-15-6-4-5-7-18(15)31(2,28)29/h4-7,13-14,16H,3,8-12H2,1-2H3,(H,22,27)(H2,23,24,25,26). The van der Waals surface area contributed by atoms with Crippen molar-refractivity contribution < 1.29 is 22.7 Å². The minimum absolute atomic E-state index is 0.0718. The van der Waals surface area contributed by atoms with Gasteiger partial charge in [-0.1, -0.05) is 25.1 Å². The quantitative estimate of drug-likeness (QED) is 0.569. The number of H-pyrrole nitrogens is 1. The van der Waals surface area contributed by atoms with Crippen LogP contribution in [-0.4, -0.2) is 49.5 Å². The molecule has 2 aromatic rings. The van der Waals surface area contributed by atoms with Crippen LogP contribution in [0.1, 0.15) is 49.8 Å². The van der Waals surface area contributed by atoms with E-state index in [2.05, 4.69) is 20.8 Å². The maximum Gasteiger partial charge on any atom is 0.407 e. The zero-order valence-electron chi connectivity index (χ0n) is 17.7. The first-order valence-electron chi connectivity index (χ1n) is 10.3. The van der Waals surface area contributed by atoms with Crippen LogP contribution in [0.3, 0.4) is 0 Å². The van der Waals surface area contributed by atoms with Gasteiger partial charge in [0.1, 0.15) is 6.10 Å². The number of amides is 2. The van der Waals surface area contributed by atoms with Gasteiger partial charge in [-0.3, -0.25) is 9.89 Å². The molecule has 0 radical (unpaired) electrons. The normalized spacial score (nSPS) is 18.5. The number of sulfone groups is 1. The van der Waals surface area contributed by atoms with E-state index in [1.165, 1.54) is 6.07 Å². The molecule has 168 valence electrons. The Morgan fingerprint density at radius 2 is 2.03 bits per heavy atom. The van der Waals surface area contributed by atoms with Crippen LogP contribution in [0.4, 0.5) is 10.6 Å². The number of rotatable bonds is 8. The first-order valence-corrected chi connectivity index (χ1v) is 12.2. The molecular formula is C21H28N4O5S. The highest BCUT2D eigenvalue weighted by atomic mass is 32.2. The Morgan fingerprint density at radius 3 is 2.77 bits per heavy atom. The van der Waals surface area contributed by atoms with Crippen LogP contribution < -0.4 is 10.6 Å². The van der Waals surface area contributed by atoms with Gasteiger partial charge in [-0.2, -0.15) is 5.10 Å². The Morgan fingerprint density at radius 1 is 1.26 bits per heavy atom. The number of aromatic nitrogens is 2. The molecule has 9 nitrogen and oxygen atoms in total. The zero-order valence-corrected chi connectivity index (χ0v) is 18.5. The van der Waals surface area contributed by atoms with Crippen LogP contribution in [0.25, 0.3) is 0 Å². The molecule has 2 atom stereocenters. The minimum atomic E-state index is -3.42. The number of benzene rings is 1. The summed E-state index contributed by atoms with van der Waals surface area (Å²) in [6.45, 7) is 2.57. The van der Waals surface area contributed by atoms with Crippen molar-refractivity contribution in [3.63, 3.8) is 0 Å². The summed E-state index contributed by atoms with van der Waals surface area (Å²) in [7, 11) is -3.42. The summed E-state index contributed by atoms with van der Waals surface area (Å²) in [5, 5.41) is 12.5. The number of anilines is 1. The van der Waals surface area contributed by atoms with Gasteiger partial charge in [0.05, 0.1) is 11.3 Å². The van der Waals surface area contributed by atoms with Crippen molar-refractivity contribution >= 4 is 27.7 Å². The molecule has 31 heavy (non-hydrogen) atoms. The van der Waals surface area contributed by atoms with Crippen LogP contribution in [0.2, 0.25) is 0 Å². The molecule has 0 aliphatic heterocycles. The molecule has 1 aromatic heterocycles. The SMILES string of the molecule is CCCNC(=O)OC1CCC(c2cc(NC(=O)Cc3ccccc3S(C)(=O)=O)n[nH]2)C1. The largest absolute Gasteiger partial charge is 0.446 e. The summed E-state index contributed by atoms with van der Waals surface area (Å²) in [4.78, 5) is 24.3. The van der Waals surface area contributed by atoms with Crippen molar-refractivity contribution in [3.8, 4) is 0 Å². The summed E-state index contributed by atoms with van der Waals surface area (Å²) in [6.07, 6.45) is 3.68. The van der Waals surface area contributed by atoms with E-state index in [9.17, 15) is 18.0 Å². The maximum absolute atomic E-state index is 12.4. The Labute approximate surface area is 181 Å². The second kappa shape index (κ2) is 9.95. The third-order valence-electron chi connectivity index (χ3n) is 5.21. The highest BCUT2D eigenvalue weighted by molar-refractivity contribution is 7.90. The first-order chi connectivity index (χ1) is 14.8. The highest BCUT2D eigenvalue weighted by Crippen LogP contribution is 2.35. The molecule has 3 N–H and O–H groups in total. The van der Waals surface area contributed by atoms with E-state index in [4.69, 9.17) is 4.74 Å². The molecule has 1 fully saturated rings. The van der Waals surface area contributed by atoms with Crippen molar-refractivity contribution in [1.82, 2.24) is 15.5 Å². The van der Waals surface area contributed by atoms with Crippen LogP contribution >= 0.6 is 0 Å². The monoisotopic (exact) mass is 448 g/mol. The molecule has 0 bridgehead atoms. The predicted octanol–water partition coefficient (Wildman–Crippen LogP) is 2.77. The summed E-state index contributed by atoms with van der Waals surface area (Å²) < 4.78 is 29.2. The molecule has 2 unspecified atom stereocenters. The minimum Gasteiger partial charge on any atom is -0.446 e. The molecule has 1 aromatic carbocycles. The summed E-state index contributed by atoms with van der Waals surface area (Å²) >= 11 is 0. The topological polar surface area (TPSA) is 130 Å². The molecule has 3 rings (SSSR count). The van der Waals surface area contributed by atoms with Crippen LogP contribution in [0.5, 0.6) is 0 Å². The lowest BCUT2D eigenvalue weighted by Crippen LogP contribution is -2.28. The molecule has 2 amide bonds. The van der Waals surface area contributed by atoms with Gasteiger partial charge in [-0.15, -0.1) is 0 Å². The van der Waals surface area contributed by atoms with Gasteiger partial charge in [0, 0.05) is 30.5 Å². The summed E-state index contributed by atoms with van der Waals surface area (Å²) in [5.74, 6) is 0.185. The molecule has 0 saturated heterocycles. The van der Waals surface area contributed by atoms with E-state index in [0.29, 0.717) is 24.3 Å². The second-order valence-corrected chi connectivity index (χ2v) is 9.76. The van der Waals surface area contributed by atoms with E-state index in [1.54, 1.807) is 24.3 Å². The molecule has 0 spiro atoms. The van der Waals surface area contributed by atoms with Gasteiger partial charge in [0.15, 0.2) is 15.7 Å². The number of hydrogen-bond acceptors (Lipinski definition) is 6. The number of carbonyl (C=O) groups excluding carboxylic acids is 2. The molecule has 1 heterocycles. The number of ether oxygens (including phenoxy) is 1. The number of nitrogens with one attached hydrogen (secondary N) is 3. The maximum atomic E-state index is 12.4.